The van der Waals surface area contributed by atoms with Gasteiger partial charge in [-0.25, -0.2) is 4.98 Å². The first-order chi connectivity index (χ1) is 13.2. The third kappa shape index (κ3) is 3.44. The van der Waals surface area contributed by atoms with E-state index in [4.69, 9.17) is 4.74 Å². The first-order valence-corrected chi connectivity index (χ1v) is 8.89. The molecule has 27 heavy (non-hydrogen) atoms. The van der Waals surface area contributed by atoms with Crippen LogP contribution in [0.25, 0.3) is 11.4 Å². The molecule has 0 spiro atoms. The fourth-order valence-corrected chi connectivity index (χ4v) is 3.32. The lowest BCUT2D eigenvalue weighted by atomic mass is 10.1. The van der Waals surface area contributed by atoms with E-state index >= 15 is 0 Å². The number of amides is 1. The van der Waals surface area contributed by atoms with Crippen molar-refractivity contribution >= 4 is 5.91 Å². The van der Waals surface area contributed by atoms with Crippen molar-refractivity contribution in [1.82, 2.24) is 14.9 Å². The average molecular weight is 363 g/mol. The number of rotatable bonds is 4. The molecule has 6 nitrogen and oxygen atoms in total. The van der Waals surface area contributed by atoms with Crippen LogP contribution in [0.5, 0.6) is 5.75 Å². The molecular formula is C21H21N3O3. The van der Waals surface area contributed by atoms with E-state index in [1.54, 1.807) is 36.3 Å². The molecule has 1 aromatic heterocycles. The average Bonchev–Trinajstić information content (AvgIpc) is 3.17. The predicted molar refractivity (Wildman–Crippen MR) is 101 cm³/mol. The van der Waals surface area contributed by atoms with Crippen LogP contribution in [0.4, 0.5) is 0 Å². The Bertz CT molecular complexity index is 935. The summed E-state index contributed by atoms with van der Waals surface area (Å²) in [5.74, 6) is 1.19. The van der Waals surface area contributed by atoms with Crippen molar-refractivity contribution in [1.29, 1.82) is 0 Å². The Morgan fingerprint density at radius 1 is 1.19 bits per heavy atom. The molecular weight excluding hydrogens is 342 g/mol. The molecule has 4 rings (SSSR count). The number of methoxy groups -OCH3 is 1. The van der Waals surface area contributed by atoms with Gasteiger partial charge >= 0.3 is 0 Å². The fourth-order valence-electron chi connectivity index (χ4n) is 3.32. The van der Waals surface area contributed by atoms with E-state index in [-0.39, 0.29) is 5.91 Å². The van der Waals surface area contributed by atoms with Gasteiger partial charge in [0.05, 0.1) is 25.0 Å². The van der Waals surface area contributed by atoms with Crippen molar-refractivity contribution in [3.05, 3.63) is 71.5 Å². The third-order valence-electron chi connectivity index (χ3n) is 4.86. The number of aliphatic hydroxyl groups is 1. The number of benzene rings is 2. The second-order valence-corrected chi connectivity index (χ2v) is 6.56. The molecule has 138 valence electrons. The Morgan fingerprint density at radius 3 is 2.63 bits per heavy atom. The summed E-state index contributed by atoms with van der Waals surface area (Å²) in [5, 5.41) is 10.5. The van der Waals surface area contributed by atoms with Crippen LogP contribution in [-0.2, 0) is 17.8 Å². The van der Waals surface area contributed by atoms with Gasteiger partial charge in [-0.1, -0.05) is 42.5 Å². The van der Waals surface area contributed by atoms with Gasteiger partial charge in [0.2, 0.25) is 0 Å². The molecule has 2 aromatic carbocycles. The van der Waals surface area contributed by atoms with Gasteiger partial charge in [-0.3, -0.25) is 4.79 Å². The van der Waals surface area contributed by atoms with Gasteiger partial charge in [-0.2, -0.15) is 0 Å². The van der Waals surface area contributed by atoms with Gasteiger partial charge in [0.1, 0.15) is 11.6 Å². The Morgan fingerprint density at radius 2 is 1.93 bits per heavy atom. The van der Waals surface area contributed by atoms with Gasteiger partial charge in [-0.15, -0.1) is 0 Å². The van der Waals surface area contributed by atoms with E-state index in [0.29, 0.717) is 30.8 Å². The van der Waals surface area contributed by atoms with E-state index in [0.717, 1.165) is 22.8 Å². The minimum Gasteiger partial charge on any atom is -0.497 e. The summed E-state index contributed by atoms with van der Waals surface area (Å²) in [4.78, 5) is 22.4. The zero-order chi connectivity index (χ0) is 18.8. The number of fused-ring (bicyclic) bond motifs is 1. The highest BCUT2D eigenvalue weighted by molar-refractivity contribution is 5.82. The second kappa shape index (κ2) is 7.25. The van der Waals surface area contributed by atoms with Crippen LogP contribution in [0.3, 0.4) is 0 Å². The Balaban J connectivity index is 1.50. The molecule has 2 heterocycles. The van der Waals surface area contributed by atoms with Crippen molar-refractivity contribution in [2.24, 2.45) is 0 Å². The van der Waals surface area contributed by atoms with Crippen molar-refractivity contribution in [3.63, 3.8) is 0 Å². The number of imidazole rings is 1. The monoisotopic (exact) mass is 363 g/mol. The van der Waals surface area contributed by atoms with Gasteiger partial charge < -0.3 is 19.7 Å². The van der Waals surface area contributed by atoms with Crippen molar-refractivity contribution in [2.75, 3.05) is 13.7 Å². The fraction of sp³-hybridized carbons (Fsp3) is 0.238. The second-order valence-electron chi connectivity index (χ2n) is 6.56. The quantitative estimate of drug-likeness (QED) is 0.747. The maximum absolute atomic E-state index is 12.7. The number of ether oxygens (including phenoxy) is 1. The smallest absolute Gasteiger partial charge is 0.256 e. The molecule has 1 aliphatic heterocycles. The summed E-state index contributed by atoms with van der Waals surface area (Å²) in [7, 11) is 1.58. The molecule has 0 bridgehead atoms. The summed E-state index contributed by atoms with van der Waals surface area (Å²) in [6.07, 6.45) is -0.520. The zero-order valence-corrected chi connectivity index (χ0v) is 15.1. The normalized spacial score (nSPS) is 14.5. The number of aromatic amines is 1. The summed E-state index contributed by atoms with van der Waals surface area (Å²) < 4.78 is 5.12. The van der Waals surface area contributed by atoms with Gasteiger partial charge in [-0.05, 0) is 17.7 Å². The van der Waals surface area contributed by atoms with Gasteiger partial charge in [0.25, 0.3) is 5.91 Å². The number of carbonyl (C=O) groups is 1. The summed E-state index contributed by atoms with van der Waals surface area (Å²) in [5.41, 5.74) is 3.48. The van der Waals surface area contributed by atoms with Crippen LogP contribution in [0.2, 0.25) is 0 Å². The number of carbonyl (C=O) groups excluding carboxylic acids is 1. The van der Waals surface area contributed by atoms with Crippen molar-refractivity contribution in [2.45, 2.75) is 19.1 Å². The standard InChI is InChI=1S/C21H21N3O3/c1-27-16-9-7-14(8-10-16)19(25)21(26)24-12-11-17-18(13-24)23-20(22-17)15-5-3-2-4-6-15/h2-10,19,25H,11-13H2,1H3,(H,22,23)/t19-/m1/s1. The van der Waals surface area contributed by atoms with Crippen LogP contribution in [0, 0.1) is 0 Å². The number of aromatic nitrogens is 2. The molecule has 0 unspecified atom stereocenters. The molecule has 0 aliphatic carbocycles. The van der Waals surface area contributed by atoms with E-state index in [1.165, 1.54) is 0 Å². The highest BCUT2D eigenvalue weighted by Gasteiger charge is 2.28. The molecule has 1 atom stereocenters. The largest absolute Gasteiger partial charge is 0.497 e. The first-order valence-electron chi connectivity index (χ1n) is 8.89. The molecule has 0 fully saturated rings. The number of nitrogens with zero attached hydrogens (tertiary/aromatic N) is 2. The minimum atomic E-state index is -1.19. The molecule has 2 N–H and O–H groups in total. The maximum atomic E-state index is 12.7. The van der Waals surface area contributed by atoms with E-state index in [1.807, 2.05) is 30.3 Å². The van der Waals surface area contributed by atoms with E-state index in [2.05, 4.69) is 9.97 Å². The Labute approximate surface area is 157 Å². The number of H-pyrrole nitrogens is 1. The molecule has 1 aliphatic rings. The van der Waals surface area contributed by atoms with Crippen LogP contribution in [0.1, 0.15) is 23.1 Å². The minimum absolute atomic E-state index is 0.304. The predicted octanol–water partition coefficient (Wildman–Crippen LogP) is 2.70. The van der Waals surface area contributed by atoms with Gasteiger partial charge in [0.15, 0.2) is 6.10 Å². The lowest BCUT2D eigenvalue weighted by Crippen LogP contribution is -2.39. The molecule has 0 radical (unpaired) electrons. The number of hydrogen-bond donors (Lipinski definition) is 2. The lowest BCUT2D eigenvalue weighted by molar-refractivity contribution is -0.141. The molecule has 1 amide bonds. The van der Waals surface area contributed by atoms with Crippen LogP contribution < -0.4 is 4.74 Å². The highest BCUT2D eigenvalue weighted by atomic mass is 16.5. The van der Waals surface area contributed by atoms with Crippen molar-refractivity contribution < 1.29 is 14.6 Å². The van der Waals surface area contributed by atoms with Crippen LogP contribution in [-0.4, -0.2) is 39.5 Å². The zero-order valence-electron chi connectivity index (χ0n) is 15.1. The first kappa shape index (κ1) is 17.3. The molecule has 3 aromatic rings. The summed E-state index contributed by atoms with van der Waals surface area (Å²) in [6, 6.07) is 16.8. The SMILES string of the molecule is COc1ccc([C@@H](O)C(=O)N2CCc3nc(-c4ccccc4)[nH]c3C2)cc1. The maximum Gasteiger partial charge on any atom is 0.256 e. The lowest BCUT2D eigenvalue weighted by Gasteiger charge is -2.28. The number of aliphatic hydroxyl groups excluding tert-OH is 1. The highest BCUT2D eigenvalue weighted by Crippen LogP contribution is 2.25. The molecule has 0 saturated heterocycles. The Hall–Kier alpha value is -3.12. The number of nitrogens with one attached hydrogen (secondary N) is 1. The van der Waals surface area contributed by atoms with E-state index in [9.17, 15) is 9.90 Å². The van der Waals surface area contributed by atoms with Crippen LogP contribution >= 0.6 is 0 Å². The topological polar surface area (TPSA) is 78.5 Å². The third-order valence-corrected chi connectivity index (χ3v) is 4.86. The Kier molecular flexibility index (Phi) is 4.64. The van der Waals surface area contributed by atoms with Crippen LogP contribution in [0.15, 0.2) is 54.6 Å². The van der Waals surface area contributed by atoms with Gasteiger partial charge in [0, 0.05) is 18.5 Å². The molecule has 6 heteroatoms. The molecule has 0 saturated carbocycles. The number of hydrogen-bond acceptors (Lipinski definition) is 4. The summed E-state index contributed by atoms with van der Waals surface area (Å²) in [6.45, 7) is 0.958. The van der Waals surface area contributed by atoms with Crippen molar-refractivity contribution in [3.8, 4) is 17.1 Å². The van der Waals surface area contributed by atoms with E-state index < -0.39 is 6.10 Å². The summed E-state index contributed by atoms with van der Waals surface area (Å²) >= 11 is 0.